The Kier molecular flexibility index (Phi) is 6.90. The molecule has 4 rings (SSSR count). The smallest absolute Gasteiger partial charge is 0.224 e. The van der Waals surface area contributed by atoms with E-state index in [0.29, 0.717) is 13.0 Å². The van der Waals surface area contributed by atoms with Crippen molar-refractivity contribution in [1.82, 2.24) is 20.0 Å². The predicted molar refractivity (Wildman–Crippen MR) is 126 cm³/mol. The second kappa shape index (κ2) is 10.0. The molecule has 0 radical (unpaired) electrons. The molecule has 1 saturated heterocycles. The highest BCUT2D eigenvalue weighted by Crippen LogP contribution is 2.26. The maximum Gasteiger partial charge on any atom is 0.224 e. The molecule has 1 unspecified atom stereocenters. The summed E-state index contributed by atoms with van der Waals surface area (Å²) in [4.78, 5) is 15.4. The average molecular weight is 433 g/mol. The monoisotopic (exact) mass is 432 g/mol. The van der Waals surface area contributed by atoms with Gasteiger partial charge in [0, 0.05) is 17.8 Å². The number of carbonyl (C=O) groups is 1. The molecule has 1 fully saturated rings. The Morgan fingerprint density at radius 2 is 1.75 bits per heavy atom. The van der Waals surface area contributed by atoms with Crippen molar-refractivity contribution in [2.75, 3.05) is 26.7 Å². The SMILES string of the molecule is COc1ccc(C(CNC(=O)Cc2c(C)nn(-c3ccccc3)c2C)N2CCCC2)cc1. The van der Waals surface area contributed by atoms with Crippen LogP contribution in [0.3, 0.4) is 0 Å². The van der Waals surface area contributed by atoms with Crippen LogP contribution in [0.25, 0.3) is 5.69 Å². The molecule has 1 atom stereocenters. The molecule has 1 N–H and O–H groups in total. The molecular formula is C26H32N4O2. The van der Waals surface area contributed by atoms with E-state index in [-0.39, 0.29) is 11.9 Å². The molecule has 2 aromatic carbocycles. The van der Waals surface area contributed by atoms with Crippen molar-refractivity contribution in [3.05, 3.63) is 77.1 Å². The minimum absolute atomic E-state index is 0.0292. The first kappa shape index (κ1) is 22.1. The Morgan fingerprint density at radius 3 is 2.41 bits per heavy atom. The number of likely N-dealkylation sites (tertiary alicyclic amines) is 1. The highest BCUT2D eigenvalue weighted by molar-refractivity contribution is 5.79. The zero-order valence-corrected chi connectivity index (χ0v) is 19.2. The molecular weight excluding hydrogens is 400 g/mol. The summed E-state index contributed by atoms with van der Waals surface area (Å²) in [5, 5.41) is 7.86. The molecule has 0 aliphatic carbocycles. The third-order valence-electron chi connectivity index (χ3n) is 6.35. The van der Waals surface area contributed by atoms with E-state index in [2.05, 4.69) is 27.4 Å². The van der Waals surface area contributed by atoms with Crippen molar-refractivity contribution < 1.29 is 9.53 Å². The summed E-state index contributed by atoms with van der Waals surface area (Å²) < 4.78 is 7.22. The van der Waals surface area contributed by atoms with Gasteiger partial charge >= 0.3 is 0 Å². The van der Waals surface area contributed by atoms with Gasteiger partial charge in [0.2, 0.25) is 5.91 Å². The lowest BCUT2D eigenvalue weighted by molar-refractivity contribution is -0.120. The molecule has 6 nitrogen and oxygen atoms in total. The van der Waals surface area contributed by atoms with Crippen molar-refractivity contribution in [2.24, 2.45) is 0 Å². The van der Waals surface area contributed by atoms with Gasteiger partial charge in [-0.3, -0.25) is 9.69 Å². The van der Waals surface area contributed by atoms with Gasteiger partial charge in [-0.1, -0.05) is 30.3 Å². The van der Waals surface area contributed by atoms with Crippen LogP contribution in [-0.2, 0) is 11.2 Å². The van der Waals surface area contributed by atoms with Gasteiger partial charge in [-0.05, 0) is 69.6 Å². The maximum atomic E-state index is 12.9. The summed E-state index contributed by atoms with van der Waals surface area (Å²) in [6, 6.07) is 18.4. The van der Waals surface area contributed by atoms with Gasteiger partial charge < -0.3 is 10.1 Å². The Morgan fingerprint density at radius 1 is 1.06 bits per heavy atom. The van der Waals surface area contributed by atoms with E-state index in [1.165, 1.54) is 18.4 Å². The van der Waals surface area contributed by atoms with E-state index in [1.54, 1.807) is 7.11 Å². The lowest BCUT2D eigenvalue weighted by Gasteiger charge is -2.28. The molecule has 0 bridgehead atoms. The summed E-state index contributed by atoms with van der Waals surface area (Å²) in [5.41, 5.74) is 5.11. The highest BCUT2D eigenvalue weighted by Gasteiger charge is 2.24. The summed E-state index contributed by atoms with van der Waals surface area (Å²) in [6.45, 7) is 6.72. The van der Waals surface area contributed by atoms with Gasteiger partial charge in [-0.25, -0.2) is 4.68 Å². The first-order valence-electron chi connectivity index (χ1n) is 11.3. The van der Waals surface area contributed by atoms with Crippen LogP contribution in [0.2, 0.25) is 0 Å². The van der Waals surface area contributed by atoms with Gasteiger partial charge in [0.15, 0.2) is 0 Å². The third kappa shape index (κ3) is 4.86. The first-order chi connectivity index (χ1) is 15.6. The second-order valence-corrected chi connectivity index (χ2v) is 8.41. The zero-order chi connectivity index (χ0) is 22.5. The van der Waals surface area contributed by atoms with Gasteiger partial charge in [0.05, 0.1) is 31.0 Å². The minimum atomic E-state index is 0.0292. The highest BCUT2D eigenvalue weighted by atomic mass is 16.5. The lowest BCUT2D eigenvalue weighted by Crippen LogP contribution is -2.37. The number of hydrogen-bond acceptors (Lipinski definition) is 4. The molecule has 32 heavy (non-hydrogen) atoms. The third-order valence-corrected chi connectivity index (χ3v) is 6.35. The summed E-state index contributed by atoms with van der Waals surface area (Å²) >= 11 is 0. The second-order valence-electron chi connectivity index (χ2n) is 8.41. The van der Waals surface area contributed by atoms with E-state index in [4.69, 9.17) is 4.74 Å². The Balaban J connectivity index is 1.45. The topological polar surface area (TPSA) is 59.4 Å². The minimum Gasteiger partial charge on any atom is -0.497 e. The van der Waals surface area contributed by atoms with Crippen LogP contribution < -0.4 is 10.1 Å². The molecule has 168 valence electrons. The van der Waals surface area contributed by atoms with Crippen LogP contribution in [0.5, 0.6) is 5.75 Å². The molecule has 0 saturated carbocycles. The zero-order valence-electron chi connectivity index (χ0n) is 19.2. The predicted octanol–water partition coefficient (Wildman–Crippen LogP) is 3.99. The van der Waals surface area contributed by atoms with Crippen molar-refractivity contribution in [1.29, 1.82) is 0 Å². The van der Waals surface area contributed by atoms with Crippen LogP contribution in [0.1, 0.15) is 41.4 Å². The lowest BCUT2D eigenvalue weighted by atomic mass is 10.0. The molecule has 2 heterocycles. The number of nitrogens with one attached hydrogen (secondary N) is 1. The van der Waals surface area contributed by atoms with Gasteiger partial charge in [0.1, 0.15) is 5.75 Å². The Hall–Kier alpha value is -3.12. The quantitative estimate of drug-likeness (QED) is 0.585. The molecule has 1 aliphatic heterocycles. The number of ether oxygens (including phenoxy) is 1. The van der Waals surface area contributed by atoms with Crippen molar-refractivity contribution >= 4 is 5.91 Å². The van der Waals surface area contributed by atoms with Crippen LogP contribution in [-0.4, -0.2) is 47.3 Å². The maximum absolute atomic E-state index is 12.9. The van der Waals surface area contributed by atoms with Crippen LogP contribution in [0, 0.1) is 13.8 Å². The fourth-order valence-corrected chi connectivity index (χ4v) is 4.52. The normalized spacial score (nSPS) is 15.0. The van der Waals surface area contributed by atoms with Crippen LogP contribution in [0.4, 0.5) is 0 Å². The number of amides is 1. The fourth-order valence-electron chi connectivity index (χ4n) is 4.52. The number of carbonyl (C=O) groups excluding carboxylic acids is 1. The number of aromatic nitrogens is 2. The van der Waals surface area contributed by atoms with E-state index >= 15 is 0 Å². The fraction of sp³-hybridized carbons (Fsp3) is 0.385. The number of hydrogen-bond donors (Lipinski definition) is 1. The standard InChI is InChI=1S/C26H32N4O2/c1-19-24(20(2)30(28-19)22-9-5-4-6-10-22)17-26(31)27-18-25(29-15-7-8-16-29)21-11-13-23(32-3)14-12-21/h4-6,9-14,25H,7-8,15-18H2,1-3H3,(H,27,31). The molecule has 3 aromatic rings. The first-order valence-corrected chi connectivity index (χ1v) is 11.3. The van der Waals surface area contributed by atoms with Gasteiger partial charge in [0.25, 0.3) is 0 Å². The summed E-state index contributed by atoms with van der Waals surface area (Å²) in [7, 11) is 1.68. The molecule has 6 heteroatoms. The Labute approximate surface area is 190 Å². The molecule has 0 spiro atoms. The Bertz CT molecular complexity index is 1040. The number of para-hydroxylation sites is 1. The molecule has 1 amide bonds. The summed E-state index contributed by atoms with van der Waals surface area (Å²) in [5.74, 6) is 0.876. The number of nitrogens with zero attached hydrogens (tertiary/aromatic N) is 3. The van der Waals surface area contributed by atoms with E-state index < -0.39 is 0 Å². The van der Waals surface area contributed by atoms with E-state index in [1.807, 2.05) is 61.0 Å². The largest absolute Gasteiger partial charge is 0.497 e. The van der Waals surface area contributed by atoms with Crippen molar-refractivity contribution in [2.45, 2.75) is 39.2 Å². The van der Waals surface area contributed by atoms with E-state index in [9.17, 15) is 4.79 Å². The van der Waals surface area contributed by atoms with Crippen LogP contribution in [0.15, 0.2) is 54.6 Å². The van der Waals surface area contributed by atoms with Gasteiger partial charge in [-0.2, -0.15) is 5.10 Å². The number of rotatable bonds is 8. The number of methoxy groups -OCH3 is 1. The van der Waals surface area contributed by atoms with Gasteiger partial charge in [-0.15, -0.1) is 0 Å². The van der Waals surface area contributed by atoms with Crippen molar-refractivity contribution in [3.63, 3.8) is 0 Å². The van der Waals surface area contributed by atoms with Crippen LogP contribution >= 0.6 is 0 Å². The number of benzene rings is 2. The van der Waals surface area contributed by atoms with E-state index in [0.717, 1.165) is 41.5 Å². The van der Waals surface area contributed by atoms with Crippen molar-refractivity contribution in [3.8, 4) is 11.4 Å². The number of aryl methyl sites for hydroxylation is 1. The molecule has 1 aliphatic rings. The molecule has 1 aromatic heterocycles. The average Bonchev–Trinajstić information content (AvgIpc) is 3.45. The summed E-state index contributed by atoms with van der Waals surface area (Å²) in [6.07, 6.45) is 2.75.